The lowest BCUT2D eigenvalue weighted by Crippen LogP contribution is -2.20. The van der Waals surface area contributed by atoms with Crippen LogP contribution in [-0.2, 0) is 0 Å². The summed E-state index contributed by atoms with van der Waals surface area (Å²) in [7, 11) is 0. The third-order valence-electron chi connectivity index (χ3n) is 2.77. The number of hydrogen-bond acceptors (Lipinski definition) is 4. The Bertz CT molecular complexity index is 772. The van der Waals surface area contributed by atoms with Crippen molar-refractivity contribution in [1.29, 1.82) is 0 Å². The predicted octanol–water partition coefficient (Wildman–Crippen LogP) is 2.45. The molecule has 0 saturated carbocycles. The van der Waals surface area contributed by atoms with E-state index in [9.17, 15) is 9.18 Å². The van der Waals surface area contributed by atoms with E-state index >= 15 is 0 Å². The smallest absolute Gasteiger partial charge is 0.308 e. The molecule has 0 fully saturated rings. The summed E-state index contributed by atoms with van der Waals surface area (Å²) in [5.41, 5.74) is 0.475. The lowest BCUT2D eigenvalue weighted by Gasteiger charge is -2.08. The maximum atomic E-state index is 12.8. The summed E-state index contributed by atoms with van der Waals surface area (Å²) in [6.45, 7) is 0. The van der Waals surface area contributed by atoms with E-state index < -0.39 is 6.03 Å². The van der Waals surface area contributed by atoms with Gasteiger partial charge in [-0.3, -0.25) is 9.88 Å². The molecule has 0 atom stereocenters. The van der Waals surface area contributed by atoms with Gasteiger partial charge < -0.3 is 5.32 Å². The Morgan fingerprint density at radius 3 is 2.68 bits per heavy atom. The Balaban J connectivity index is 1.69. The molecule has 2 heterocycles. The number of rotatable bonds is 3. The number of anilines is 2. The van der Waals surface area contributed by atoms with Gasteiger partial charge in [0.05, 0.1) is 0 Å². The SMILES string of the molecule is O=C(Nc1ccc(F)cc1)Nc1cc(-n2ccnc2)ncn1. The highest BCUT2D eigenvalue weighted by atomic mass is 19.1. The molecule has 1 aromatic carbocycles. The van der Waals surface area contributed by atoms with Gasteiger partial charge >= 0.3 is 6.03 Å². The average Bonchev–Trinajstić information content (AvgIpc) is 3.04. The average molecular weight is 298 g/mol. The number of aromatic nitrogens is 4. The summed E-state index contributed by atoms with van der Waals surface area (Å²) in [5.74, 6) is 0.537. The first-order valence-corrected chi connectivity index (χ1v) is 6.35. The molecule has 0 aliphatic rings. The lowest BCUT2D eigenvalue weighted by atomic mass is 10.3. The van der Waals surface area contributed by atoms with Gasteiger partial charge in [-0.15, -0.1) is 0 Å². The van der Waals surface area contributed by atoms with Crippen molar-refractivity contribution in [2.75, 3.05) is 10.6 Å². The zero-order valence-corrected chi connectivity index (χ0v) is 11.3. The van der Waals surface area contributed by atoms with Crippen LogP contribution in [0.2, 0.25) is 0 Å². The molecule has 0 radical (unpaired) electrons. The van der Waals surface area contributed by atoms with Crippen LogP contribution in [0.4, 0.5) is 20.7 Å². The first-order chi connectivity index (χ1) is 10.7. The van der Waals surface area contributed by atoms with Crippen LogP contribution in [0.15, 0.2) is 55.4 Å². The highest BCUT2D eigenvalue weighted by molar-refractivity contribution is 5.99. The van der Waals surface area contributed by atoms with Crippen LogP contribution in [0.5, 0.6) is 0 Å². The van der Waals surface area contributed by atoms with Crippen molar-refractivity contribution in [3.05, 3.63) is 61.2 Å². The van der Waals surface area contributed by atoms with Crippen LogP contribution in [0.25, 0.3) is 5.82 Å². The summed E-state index contributed by atoms with van der Waals surface area (Å²) in [4.78, 5) is 23.8. The van der Waals surface area contributed by atoms with E-state index in [1.165, 1.54) is 30.6 Å². The molecule has 0 bridgehead atoms. The van der Waals surface area contributed by atoms with E-state index in [0.717, 1.165) is 0 Å². The fraction of sp³-hybridized carbons (Fsp3) is 0. The largest absolute Gasteiger partial charge is 0.324 e. The van der Waals surface area contributed by atoms with E-state index in [4.69, 9.17) is 0 Å². The van der Waals surface area contributed by atoms with Crippen molar-refractivity contribution in [3.63, 3.8) is 0 Å². The molecule has 0 aliphatic heterocycles. The second-order valence-corrected chi connectivity index (χ2v) is 4.32. The lowest BCUT2D eigenvalue weighted by molar-refractivity contribution is 0.262. The zero-order valence-electron chi connectivity index (χ0n) is 11.3. The molecule has 110 valence electrons. The topological polar surface area (TPSA) is 84.7 Å². The summed E-state index contributed by atoms with van der Waals surface area (Å²) in [6, 6.07) is 6.57. The zero-order chi connectivity index (χ0) is 15.4. The van der Waals surface area contributed by atoms with Crippen molar-refractivity contribution in [3.8, 4) is 5.82 Å². The molecular formula is C14H11FN6O. The minimum absolute atomic E-state index is 0.332. The molecule has 0 aliphatic carbocycles. The van der Waals surface area contributed by atoms with Crippen molar-refractivity contribution in [1.82, 2.24) is 19.5 Å². The second-order valence-electron chi connectivity index (χ2n) is 4.32. The molecule has 0 saturated heterocycles. The number of carbonyl (C=O) groups excluding carboxylic acids is 1. The molecule has 22 heavy (non-hydrogen) atoms. The minimum Gasteiger partial charge on any atom is -0.308 e. The number of imidazole rings is 1. The molecular weight excluding hydrogens is 287 g/mol. The van der Waals surface area contributed by atoms with Gasteiger partial charge in [-0.25, -0.2) is 24.1 Å². The number of benzene rings is 1. The molecule has 2 amide bonds. The van der Waals surface area contributed by atoms with E-state index in [-0.39, 0.29) is 5.82 Å². The fourth-order valence-corrected chi connectivity index (χ4v) is 1.76. The van der Waals surface area contributed by atoms with Crippen molar-refractivity contribution >= 4 is 17.5 Å². The van der Waals surface area contributed by atoms with Gasteiger partial charge in [-0.1, -0.05) is 0 Å². The number of nitrogens with zero attached hydrogens (tertiary/aromatic N) is 4. The Hall–Kier alpha value is -3.29. The van der Waals surface area contributed by atoms with Crippen LogP contribution < -0.4 is 10.6 Å². The van der Waals surface area contributed by atoms with E-state index in [1.807, 2.05) is 0 Å². The third-order valence-corrected chi connectivity index (χ3v) is 2.77. The number of halogens is 1. The molecule has 7 nitrogen and oxygen atoms in total. The van der Waals surface area contributed by atoms with Crippen LogP contribution in [0, 0.1) is 5.82 Å². The molecule has 2 N–H and O–H groups in total. The van der Waals surface area contributed by atoms with Crippen LogP contribution in [0.1, 0.15) is 0 Å². The Kier molecular flexibility index (Phi) is 3.73. The first-order valence-electron chi connectivity index (χ1n) is 6.35. The number of nitrogens with one attached hydrogen (secondary N) is 2. The van der Waals surface area contributed by atoms with Gasteiger partial charge in [0.2, 0.25) is 0 Å². The van der Waals surface area contributed by atoms with Gasteiger partial charge in [-0.2, -0.15) is 0 Å². The van der Waals surface area contributed by atoms with Crippen LogP contribution in [-0.4, -0.2) is 25.6 Å². The Morgan fingerprint density at radius 1 is 1.14 bits per heavy atom. The summed E-state index contributed by atoms with van der Waals surface area (Å²) >= 11 is 0. The molecule has 0 unspecified atom stereocenters. The summed E-state index contributed by atoms with van der Waals surface area (Å²) < 4.78 is 14.5. The molecule has 8 heteroatoms. The van der Waals surface area contributed by atoms with E-state index in [1.54, 1.807) is 29.4 Å². The number of carbonyl (C=O) groups is 1. The number of hydrogen-bond donors (Lipinski definition) is 2. The number of amides is 2. The number of urea groups is 1. The van der Waals surface area contributed by atoms with Gasteiger partial charge in [0.15, 0.2) is 0 Å². The van der Waals surface area contributed by atoms with Crippen LogP contribution >= 0.6 is 0 Å². The predicted molar refractivity (Wildman–Crippen MR) is 78.2 cm³/mol. The summed E-state index contributed by atoms with van der Waals surface area (Å²) in [6.07, 6.45) is 6.27. The molecule has 3 rings (SSSR count). The maximum Gasteiger partial charge on any atom is 0.324 e. The Labute approximate surface area is 124 Å². The van der Waals surface area contributed by atoms with Crippen molar-refractivity contribution in [2.24, 2.45) is 0 Å². The molecule has 0 spiro atoms. The van der Waals surface area contributed by atoms with E-state index in [2.05, 4.69) is 25.6 Å². The van der Waals surface area contributed by atoms with Crippen LogP contribution in [0.3, 0.4) is 0 Å². The Morgan fingerprint density at radius 2 is 1.95 bits per heavy atom. The standard InChI is InChI=1S/C14H11FN6O/c15-10-1-3-11(4-2-10)19-14(22)20-12-7-13(18-8-17-12)21-6-5-16-9-21/h1-9H,(H2,17,18,19,20,22). The van der Waals surface area contributed by atoms with Crippen molar-refractivity contribution < 1.29 is 9.18 Å². The second kappa shape index (κ2) is 6.00. The monoisotopic (exact) mass is 298 g/mol. The minimum atomic E-state index is -0.484. The first kappa shape index (κ1) is 13.7. The quantitative estimate of drug-likeness (QED) is 0.777. The summed E-state index contributed by atoms with van der Waals surface area (Å²) in [5, 5.41) is 5.15. The fourth-order valence-electron chi connectivity index (χ4n) is 1.76. The molecule has 2 aromatic heterocycles. The van der Waals surface area contributed by atoms with Gasteiger partial charge in [0.1, 0.15) is 30.1 Å². The van der Waals surface area contributed by atoms with E-state index in [0.29, 0.717) is 17.3 Å². The third kappa shape index (κ3) is 3.23. The van der Waals surface area contributed by atoms with Gasteiger partial charge in [0, 0.05) is 24.1 Å². The van der Waals surface area contributed by atoms with Gasteiger partial charge in [-0.05, 0) is 24.3 Å². The maximum absolute atomic E-state index is 12.8. The molecule has 3 aromatic rings. The highest BCUT2D eigenvalue weighted by Gasteiger charge is 2.06. The highest BCUT2D eigenvalue weighted by Crippen LogP contribution is 2.11. The van der Waals surface area contributed by atoms with Gasteiger partial charge in [0.25, 0.3) is 0 Å². The normalized spacial score (nSPS) is 10.2. The van der Waals surface area contributed by atoms with Crippen molar-refractivity contribution in [2.45, 2.75) is 0 Å².